The molecule has 12 heteroatoms. The van der Waals surface area contributed by atoms with Crippen LogP contribution in [-0.2, 0) is 9.47 Å². The van der Waals surface area contributed by atoms with Crippen molar-refractivity contribution in [3.63, 3.8) is 0 Å². The second-order valence-corrected chi connectivity index (χ2v) is 6.98. The Balaban J connectivity index is 1.31. The van der Waals surface area contributed by atoms with Crippen LogP contribution in [0, 0.1) is 24.4 Å². The number of hydrogen-bond donors (Lipinski definition) is 2. The highest BCUT2D eigenvalue weighted by Crippen LogP contribution is 2.24. The van der Waals surface area contributed by atoms with Gasteiger partial charge in [-0.1, -0.05) is 23.7 Å². The molecular formula is C20H15ClF3N5O3. The van der Waals surface area contributed by atoms with Crippen LogP contribution in [-0.4, -0.2) is 39.3 Å². The number of ether oxygens (including phenoxy) is 2. The van der Waals surface area contributed by atoms with Gasteiger partial charge in [-0.15, -0.1) is 5.10 Å². The maximum atomic E-state index is 13.6. The predicted octanol–water partition coefficient (Wildman–Crippen LogP) is 4.30. The molecule has 0 aliphatic rings. The number of halogens is 4. The zero-order valence-corrected chi connectivity index (χ0v) is 17.2. The van der Waals surface area contributed by atoms with Gasteiger partial charge in [0.2, 0.25) is 0 Å². The van der Waals surface area contributed by atoms with Crippen molar-refractivity contribution in [2.75, 3.05) is 18.8 Å². The molecule has 0 atom stereocenters. The van der Waals surface area contributed by atoms with Crippen molar-refractivity contribution in [2.24, 2.45) is 0 Å². The zero-order valence-electron chi connectivity index (χ0n) is 16.5. The quantitative estimate of drug-likeness (QED) is 0.183. The number of H-pyrrole nitrogens is 1. The van der Waals surface area contributed by atoms with E-state index in [0.717, 1.165) is 17.3 Å². The summed E-state index contributed by atoms with van der Waals surface area (Å²) in [7, 11) is 0. The third-order valence-corrected chi connectivity index (χ3v) is 4.89. The fourth-order valence-corrected chi connectivity index (χ4v) is 3.00. The minimum absolute atomic E-state index is 0.0561. The minimum atomic E-state index is -1.75. The molecule has 0 spiro atoms. The highest BCUT2D eigenvalue weighted by molar-refractivity contribution is 6.34. The van der Waals surface area contributed by atoms with Crippen LogP contribution >= 0.6 is 11.6 Å². The zero-order chi connectivity index (χ0) is 22.8. The highest BCUT2D eigenvalue weighted by Gasteiger charge is 2.20. The summed E-state index contributed by atoms with van der Waals surface area (Å²) in [4.78, 5) is 16.2. The molecule has 2 N–H and O–H groups in total. The van der Waals surface area contributed by atoms with E-state index in [4.69, 9.17) is 21.1 Å². The largest absolute Gasteiger partial charge is 0.435 e. The topological polar surface area (TPSA) is 93.5 Å². The van der Waals surface area contributed by atoms with Crippen molar-refractivity contribution in [1.82, 2.24) is 19.8 Å². The Morgan fingerprint density at radius 2 is 2.03 bits per heavy atom. The van der Waals surface area contributed by atoms with E-state index in [1.54, 1.807) is 18.2 Å². The summed E-state index contributed by atoms with van der Waals surface area (Å²) in [6.45, 7) is 1.23. The molecule has 0 radical (unpaired) electrons. The lowest BCUT2D eigenvalue weighted by molar-refractivity contribution is -0.0263. The molecule has 8 nitrogen and oxygen atoms in total. The Bertz CT molecular complexity index is 1310. The molecule has 4 aromatic rings. The van der Waals surface area contributed by atoms with Gasteiger partial charge in [0, 0.05) is 11.3 Å². The number of aromatic amines is 1. The van der Waals surface area contributed by atoms with E-state index in [9.17, 15) is 18.0 Å². The minimum Gasteiger partial charge on any atom is -0.435 e. The van der Waals surface area contributed by atoms with E-state index in [1.807, 2.05) is 13.0 Å². The molecule has 0 aliphatic carbocycles. The lowest BCUT2D eigenvalue weighted by atomic mass is 10.2. The molecule has 0 saturated heterocycles. The first-order chi connectivity index (χ1) is 15.3. The average Bonchev–Trinajstić information content (AvgIpc) is 3.31. The van der Waals surface area contributed by atoms with Gasteiger partial charge in [-0.25, -0.2) is 22.9 Å². The molecule has 2 aromatic carbocycles. The number of anilines is 1. The van der Waals surface area contributed by atoms with Gasteiger partial charge in [0.25, 0.3) is 0 Å². The fraction of sp³-hybridized carbons (Fsp3) is 0.150. The normalized spacial score (nSPS) is 11.2. The number of nitrogens with zero attached hydrogens (tertiary/aromatic N) is 3. The highest BCUT2D eigenvalue weighted by atomic mass is 35.5. The molecule has 0 aliphatic heterocycles. The van der Waals surface area contributed by atoms with Crippen molar-refractivity contribution in [1.29, 1.82) is 0 Å². The van der Waals surface area contributed by atoms with Crippen molar-refractivity contribution in [2.45, 2.75) is 6.92 Å². The number of aromatic nitrogens is 4. The fourth-order valence-electron chi connectivity index (χ4n) is 2.83. The van der Waals surface area contributed by atoms with Gasteiger partial charge in [0.05, 0.1) is 11.3 Å². The Kier molecular flexibility index (Phi) is 6.01. The SMILES string of the molecule is Cc1[nH]n2nc(-c3cccc(NCOCOC(=O)c4ccc(F)c(F)c4F)c3)nc2c1Cl. The number of carbonyl (C=O) groups is 1. The number of carbonyl (C=O) groups excluding carboxylic acids is 1. The lowest BCUT2D eigenvalue weighted by Gasteiger charge is -2.09. The van der Waals surface area contributed by atoms with Gasteiger partial charge in [-0.2, -0.15) is 4.63 Å². The van der Waals surface area contributed by atoms with Gasteiger partial charge in [0.1, 0.15) is 11.8 Å². The summed E-state index contributed by atoms with van der Waals surface area (Å²) in [5, 5.41) is 10.8. The molecule has 0 bridgehead atoms. The summed E-state index contributed by atoms with van der Waals surface area (Å²) in [6.07, 6.45) is 0. The van der Waals surface area contributed by atoms with Gasteiger partial charge < -0.3 is 14.8 Å². The average molecular weight is 466 g/mol. The summed E-state index contributed by atoms with van der Waals surface area (Å²) in [6, 6.07) is 8.58. The third kappa shape index (κ3) is 4.25. The number of esters is 1. The molecular weight excluding hydrogens is 451 g/mol. The van der Waals surface area contributed by atoms with E-state index in [0.29, 0.717) is 28.2 Å². The van der Waals surface area contributed by atoms with Crippen molar-refractivity contribution in [3.8, 4) is 11.4 Å². The number of aryl methyl sites for hydroxylation is 1. The van der Waals surface area contributed by atoms with E-state index >= 15 is 0 Å². The van der Waals surface area contributed by atoms with Crippen LogP contribution in [0.3, 0.4) is 0 Å². The molecule has 0 saturated carbocycles. The number of rotatable bonds is 7. The monoisotopic (exact) mass is 465 g/mol. The predicted molar refractivity (Wildman–Crippen MR) is 109 cm³/mol. The van der Waals surface area contributed by atoms with Gasteiger partial charge in [-0.05, 0) is 31.2 Å². The van der Waals surface area contributed by atoms with Crippen molar-refractivity contribution >= 4 is 28.9 Å². The Morgan fingerprint density at radius 1 is 1.22 bits per heavy atom. The first-order valence-electron chi connectivity index (χ1n) is 9.18. The summed E-state index contributed by atoms with van der Waals surface area (Å²) in [5.41, 5.74) is 1.93. The van der Waals surface area contributed by atoms with Crippen LogP contribution in [0.1, 0.15) is 16.1 Å². The summed E-state index contributed by atoms with van der Waals surface area (Å²) >= 11 is 6.18. The standard InChI is InChI=1S/C20H15ClF3N5O3/c1-10-15(21)19-26-18(28-29(19)27-10)11-3-2-4-12(7-11)25-8-31-9-32-20(30)13-5-6-14(22)17(24)16(13)23/h2-7,25,27H,8-9H2,1H3. The first-order valence-corrected chi connectivity index (χ1v) is 9.56. The van der Waals surface area contributed by atoms with E-state index in [2.05, 4.69) is 20.5 Å². The molecule has 166 valence electrons. The Hall–Kier alpha value is -3.57. The molecule has 0 amide bonds. The van der Waals surface area contributed by atoms with Gasteiger partial charge in [-0.3, -0.25) is 5.10 Å². The van der Waals surface area contributed by atoms with Gasteiger partial charge in [0.15, 0.2) is 35.7 Å². The molecule has 32 heavy (non-hydrogen) atoms. The molecule has 2 aromatic heterocycles. The maximum absolute atomic E-state index is 13.6. The third-order valence-electron chi connectivity index (χ3n) is 4.43. The molecule has 2 heterocycles. The summed E-state index contributed by atoms with van der Waals surface area (Å²) in [5.74, 6) is -5.48. The first kappa shape index (κ1) is 21.7. The van der Waals surface area contributed by atoms with Crippen LogP contribution in [0.5, 0.6) is 0 Å². The number of nitrogens with one attached hydrogen (secondary N) is 2. The Morgan fingerprint density at radius 3 is 2.81 bits per heavy atom. The van der Waals surface area contributed by atoms with E-state index in [1.165, 1.54) is 4.63 Å². The van der Waals surface area contributed by atoms with Crippen LogP contribution < -0.4 is 5.32 Å². The molecule has 4 rings (SSSR count). The maximum Gasteiger partial charge on any atom is 0.343 e. The van der Waals surface area contributed by atoms with E-state index in [-0.39, 0.29) is 6.73 Å². The van der Waals surface area contributed by atoms with Crippen LogP contribution in [0.4, 0.5) is 18.9 Å². The molecule has 0 fully saturated rings. The van der Waals surface area contributed by atoms with Crippen LogP contribution in [0.25, 0.3) is 17.0 Å². The smallest absolute Gasteiger partial charge is 0.343 e. The number of hydrogen-bond acceptors (Lipinski definition) is 6. The second-order valence-electron chi connectivity index (χ2n) is 6.60. The summed E-state index contributed by atoms with van der Waals surface area (Å²) < 4.78 is 51.0. The van der Waals surface area contributed by atoms with Crippen LogP contribution in [0.15, 0.2) is 36.4 Å². The van der Waals surface area contributed by atoms with Crippen molar-refractivity contribution < 1.29 is 27.4 Å². The van der Waals surface area contributed by atoms with Crippen molar-refractivity contribution in [3.05, 3.63) is 70.1 Å². The lowest BCUT2D eigenvalue weighted by Crippen LogP contribution is -2.14. The Labute approximate surface area is 183 Å². The number of fused-ring (bicyclic) bond motifs is 1. The molecule has 0 unspecified atom stereocenters. The van der Waals surface area contributed by atoms with E-state index < -0.39 is 35.8 Å². The second kappa shape index (κ2) is 8.89. The number of benzene rings is 2. The van der Waals surface area contributed by atoms with Gasteiger partial charge >= 0.3 is 5.97 Å². The van der Waals surface area contributed by atoms with Crippen LogP contribution in [0.2, 0.25) is 5.02 Å².